The third kappa shape index (κ3) is 4.25. The van der Waals surface area contributed by atoms with E-state index in [9.17, 15) is 9.59 Å². The highest BCUT2D eigenvalue weighted by Crippen LogP contribution is 2.11. The molecule has 102 valence electrons. The molecule has 1 N–H and O–H groups in total. The van der Waals surface area contributed by atoms with Gasteiger partial charge in [-0.25, -0.2) is 4.79 Å². The number of aromatic carboxylic acids is 1. The van der Waals surface area contributed by atoms with E-state index in [1.54, 1.807) is 23.1 Å². The molecule has 4 nitrogen and oxygen atoms in total. The van der Waals surface area contributed by atoms with Gasteiger partial charge >= 0.3 is 5.97 Å². The summed E-state index contributed by atoms with van der Waals surface area (Å²) in [6, 6.07) is 6.59. The molecule has 0 aliphatic heterocycles. The van der Waals surface area contributed by atoms with E-state index in [0.29, 0.717) is 18.7 Å². The van der Waals surface area contributed by atoms with Crippen LogP contribution in [0.1, 0.15) is 29.8 Å². The standard InChI is InChI=1S/C15H19NO3/c1-4-16(10-11(2)3)14(17)9-12-7-5-6-8-13(12)15(18)19/h5-8H,2,4,9-10H2,1,3H3,(H,18,19). The minimum atomic E-state index is -1.01. The molecular formula is C15H19NO3. The normalized spacial score (nSPS) is 10.0. The molecule has 0 aliphatic rings. The first-order chi connectivity index (χ1) is 8.95. The Balaban J connectivity index is 2.87. The third-order valence-corrected chi connectivity index (χ3v) is 2.78. The lowest BCUT2D eigenvalue weighted by atomic mass is 10.0. The van der Waals surface area contributed by atoms with Crippen molar-refractivity contribution in [1.82, 2.24) is 4.90 Å². The van der Waals surface area contributed by atoms with Crippen LogP contribution in [0, 0.1) is 0 Å². The minimum Gasteiger partial charge on any atom is -0.478 e. The molecule has 0 unspecified atom stereocenters. The summed E-state index contributed by atoms with van der Waals surface area (Å²) in [5.41, 5.74) is 1.63. The van der Waals surface area contributed by atoms with Gasteiger partial charge in [0, 0.05) is 13.1 Å². The number of amides is 1. The zero-order chi connectivity index (χ0) is 14.4. The molecule has 0 saturated heterocycles. The summed E-state index contributed by atoms with van der Waals surface area (Å²) in [6.07, 6.45) is 0.101. The number of rotatable bonds is 6. The average molecular weight is 261 g/mol. The van der Waals surface area contributed by atoms with Gasteiger partial charge in [0.15, 0.2) is 0 Å². The van der Waals surface area contributed by atoms with Crippen molar-refractivity contribution >= 4 is 11.9 Å². The lowest BCUT2D eigenvalue weighted by Gasteiger charge is -2.21. The SMILES string of the molecule is C=C(C)CN(CC)C(=O)Cc1ccccc1C(=O)O. The van der Waals surface area contributed by atoms with E-state index in [1.165, 1.54) is 6.07 Å². The summed E-state index contributed by atoms with van der Waals surface area (Å²) in [5.74, 6) is -1.09. The number of nitrogens with zero attached hydrogens (tertiary/aromatic N) is 1. The lowest BCUT2D eigenvalue weighted by Crippen LogP contribution is -2.33. The van der Waals surface area contributed by atoms with Gasteiger partial charge < -0.3 is 10.0 Å². The highest BCUT2D eigenvalue weighted by Gasteiger charge is 2.16. The van der Waals surface area contributed by atoms with Gasteiger partial charge in [-0.05, 0) is 25.5 Å². The first-order valence-corrected chi connectivity index (χ1v) is 6.19. The number of likely N-dealkylation sites (N-methyl/N-ethyl adjacent to an activating group) is 1. The molecule has 0 heterocycles. The fraction of sp³-hybridized carbons (Fsp3) is 0.333. The molecule has 1 aromatic rings. The van der Waals surface area contributed by atoms with Crippen LogP contribution in [-0.2, 0) is 11.2 Å². The molecule has 0 atom stereocenters. The predicted molar refractivity (Wildman–Crippen MR) is 74.2 cm³/mol. The minimum absolute atomic E-state index is 0.0841. The van der Waals surface area contributed by atoms with Crippen LogP contribution in [0.3, 0.4) is 0 Å². The molecule has 0 radical (unpaired) electrons. The van der Waals surface area contributed by atoms with E-state index in [1.807, 2.05) is 13.8 Å². The molecule has 19 heavy (non-hydrogen) atoms. The molecule has 0 saturated carbocycles. The molecule has 0 spiro atoms. The van der Waals surface area contributed by atoms with Crippen molar-refractivity contribution in [2.24, 2.45) is 0 Å². The number of carboxylic acids is 1. The van der Waals surface area contributed by atoms with Gasteiger partial charge in [0.1, 0.15) is 0 Å². The van der Waals surface area contributed by atoms with Gasteiger partial charge in [-0.1, -0.05) is 30.4 Å². The second kappa shape index (κ2) is 6.73. The lowest BCUT2D eigenvalue weighted by molar-refractivity contribution is -0.129. The Labute approximate surface area is 113 Å². The first-order valence-electron chi connectivity index (χ1n) is 6.19. The zero-order valence-corrected chi connectivity index (χ0v) is 11.3. The molecule has 1 aromatic carbocycles. The van der Waals surface area contributed by atoms with Crippen LogP contribution in [0.25, 0.3) is 0 Å². The number of carbonyl (C=O) groups excluding carboxylic acids is 1. The predicted octanol–water partition coefficient (Wildman–Crippen LogP) is 2.35. The van der Waals surface area contributed by atoms with Crippen LogP contribution < -0.4 is 0 Å². The second-order valence-electron chi connectivity index (χ2n) is 4.50. The monoisotopic (exact) mass is 261 g/mol. The maximum absolute atomic E-state index is 12.1. The average Bonchev–Trinajstić information content (AvgIpc) is 2.35. The molecule has 0 bridgehead atoms. The van der Waals surface area contributed by atoms with E-state index in [2.05, 4.69) is 6.58 Å². The van der Waals surface area contributed by atoms with E-state index < -0.39 is 5.97 Å². The van der Waals surface area contributed by atoms with Gasteiger partial charge in [-0.2, -0.15) is 0 Å². The first kappa shape index (κ1) is 15.0. The molecule has 4 heteroatoms. The van der Waals surface area contributed by atoms with Gasteiger partial charge in [-0.3, -0.25) is 4.79 Å². The highest BCUT2D eigenvalue weighted by molar-refractivity contribution is 5.91. The summed E-state index contributed by atoms with van der Waals surface area (Å²) in [6.45, 7) is 8.63. The van der Waals surface area contributed by atoms with Crippen LogP contribution in [0.15, 0.2) is 36.4 Å². The van der Waals surface area contributed by atoms with Gasteiger partial charge in [0.25, 0.3) is 0 Å². The van der Waals surface area contributed by atoms with Crippen molar-refractivity contribution in [2.45, 2.75) is 20.3 Å². The molecule has 0 aliphatic carbocycles. The van der Waals surface area contributed by atoms with Crippen molar-refractivity contribution < 1.29 is 14.7 Å². The number of hydrogen-bond acceptors (Lipinski definition) is 2. The van der Waals surface area contributed by atoms with Crippen LogP contribution >= 0.6 is 0 Å². The number of carbonyl (C=O) groups is 2. The van der Waals surface area contributed by atoms with Crippen molar-refractivity contribution in [3.63, 3.8) is 0 Å². The van der Waals surface area contributed by atoms with Crippen molar-refractivity contribution in [3.05, 3.63) is 47.5 Å². The van der Waals surface area contributed by atoms with E-state index >= 15 is 0 Å². The number of hydrogen-bond donors (Lipinski definition) is 1. The Kier molecular flexibility index (Phi) is 5.30. The van der Waals surface area contributed by atoms with Gasteiger partial charge in [0.05, 0.1) is 12.0 Å². The Bertz CT molecular complexity index is 494. The fourth-order valence-corrected chi connectivity index (χ4v) is 1.86. The maximum atomic E-state index is 12.1. The largest absolute Gasteiger partial charge is 0.478 e. The Morgan fingerprint density at radius 2 is 1.95 bits per heavy atom. The Morgan fingerprint density at radius 3 is 2.47 bits per heavy atom. The van der Waals surface area contributed by atoms with Gasteiger partial charge in [-0.15, -0.1) is 0 Å². The quantitative estimate of drug-likeness (QED) is 0.800. The second-order valence-corrected chi connectivity index (χ2v) is 4.50. The van der Waals surface area contributed by atoms with Crippen LogP contribution in [-0.4, -0.2) is 35.0 Å². The van der Waals surface area contributed by atoms with Crippen molar-refractivity contribution in [2.75, 3.05) is 13.1 Å². The molecule has 0 fully saturated rings. The number of benzene rings is 1. The van der Waals surface area contributed by atoms with Crippen LogP contribution in [0.5, 0.6) is 0 Å². The molecule has 1 rings (SSSR count). The molecule has 0 aromatic heterocycles. The number of carboxylic acid groups (broad SMARTS) is 1. The summed E-state index contributed by atoms with van der Waals surface area (Å²) >= 11 is 0. The highest BCUT2D eigenvalue weighted by atomic mass is 16.4. The van der Waals surface area contributed by atoms with E-state index in [4.69, 9.17) is 5.11 Å². The van der Waals surface area contributed by atoms with Crippen LogP contribution in [0.2, 0.25) is 0 Å². The summed E-state index contributed by atoms with van der Waals surface area (Å²) < 4.78 is 0. The van der Waals surface area contributed by atoms with E-state index in [0.717, 1.165) is 5.57 Å². The summed E-state index contributed by atoms with van der Waals surface area (Å²) in [4.78, 5) is 24.9. The fourth-order valence-electron chi connectivity index (χ4n) is 1.86. The maximum Gasteiger partial charge on any atom is 0.335 e. The van der Waals surface area contributed by atoms with E-state index in [-0.39, 0.29) is 17.9 Å². The third-order valence-electron chi connectivity index (χ3n) is 2.78. The zero-order valence-electron chi connectivity index (χ0n) is 11.3. The summed E-state index contributed by atoms with van der Waals surface area (Å²) in [5, 5.41) is 9.08. The van der Waals surface area contributed by atoms with Crippen molar-refractivity contribution in [3.8, 4) is 0 Å². The van der Waals surface area contributed by atoms with Crippen LogP contribution in [0.4, 0.5) is 0 Å². The van der Waals surface area contributed by atoms with Crippen molar-refractivity contribution in [1.29, 1.82) is 0 Å². The Hall–Kier alpha value is -2.10. The summed E-state index contributed by atoms with van der Waals surface area (Å²) in [7, 11) is 0. The topological polar surface area (TPSA) is 57.6 Å². The van der Waals surface area contributed by atoms with Gasteiger partial charge in [0.2, 0.25) is 5.91 Å². The molecule has 1 amide bonds. The molecular weight excluding hydrogens is 242 g/mol. The Morgan fingerprint density at radius 1 is 1.32 bits per heavy atom. The smallest absolute Gasteiger partial charge is 0.335 e.